The first kappa shape index (κ1) is 15.0. The number of hydrogen-bond donors (Lipinski definition) is 2. The minimum atomic E-state index is -3.59. The molecular formula is C14H19NO4S. The Morgan fingerprint density at radius 2 is 2.00 bits per heavy atom. The molecular weight excluding hydrogens is 278 g/mol. The molecule has 2 N–H and O–H groups in total. The highest BCUT2D eigenvalue weighted by Crippen LogP contribution is 2.27. The second-order valence-corrected chi connectivity index (χ2v) is 7.12. The van der Waals surface area contributed by atoms with Crippen LogP contribution in [0.25, 0.3) is 0 Å². The second kappa shape index (κ2) is 5.54. The van der Waals surface area contributed by atoms with E-state index < -0.39 is 21.9 Å². The highest BCUT2D eigenvalue weighted by atomic mass is 32.2. The molecule has 0 spiro atoms. The largest absolute Gasteiger partial charge is 0.481 e. The van der Waals surface area contributed by atoms with E-state index in [4.69, 9.17) is 5.11 Å². The summed E-state index contributed by atoms with van der Waals surface area (Å²) in [5.74, 6) is -1.29. The summed E-state index contributed by atoms with van der Waals surface area (Å²) < 4.78 is 27.4. The van der Waals surface area contributed by atoms with Gasteiger partial charge in [0.2, 0.25) is 10.0 Å². The van der Waals surface area contributed by atoms with Gasteiger partial charge in [0, 0.05) is 6.04 Å². The van der Waals surface area contributed by atoms with Gasteiger partial charge in [-0.25, -0.2) is 13.1 Å². The van der Waals surface area contributed by atoms with Gasteiger partial charge in [0.25, 0.3) is 0 Å². The average molecular weight is 297 g/mol. The van der Waals surface area contributed by atoms with E-state index in [0.717, 1.165) is 5.56 Å². The van der Waals surface area contributed by atoms with Crippen LogP contribution >= 0.6 is 0 Å². The quantitative estimate of drug-likeness (QED) is 0.888. The maximum Gasteiger partial charge on any atom is 0.306 e. The molecule has 0 unspecified atom stereocenters. The van der Waals surface area contributed by atoms with Crippen LogP contribution in [0, 0.1) is 19.8 Å². The Labute approximate surface area is 119 Å². The van der Waals surface area contributed by atoms with E-state index in [9.17, 15) is 13.2 Å². The fourth-order valence-electron chi connectivity index (χ4n) is 2.59. The lowest BCUT2D eigenvalue weighted by molar-refractivity contribution is -0.141. The average Bonchev–Trinajstić information content (AvgIpc) is 2.80. The summed E-state index contributed by atoms with van der Waals surface area (Å²) >= 11 is 0. The molecule has 110 valence electrons. The number of carboxylic acid groups (broad SMARTS) is 1. The van der Waals surface area contributed by atoms with Crippen LogP contribution in [0.15, 0.2) is 23.1 Å². The molecule has 1 aromatic rings. The molecule has 6 heteroatoms. The molecule has 1 aliphatic carbocycles. The predicted molar refractivity (Wildman–Crippen MR) is 75.0 cm³/mol. The van der Waals surface area contributed by atoms with Crippen molar-refractivity contribution in [1.82, 2.24) is 4.72 Å². The second-order valence-electron chi connectivity index (χ2n) is 5.44. The van der Waals surface area contributed by atoms with Crippen molar-refractivity contribution in [2.45, 2.75) is 44.0 Å². The Balaban J connectivity index is 2.16. The molecule has 0 aromatic heterocycles. The number of carbonyl (C=O) groups is 1. The van der Waals surface area contributed by atoms with Gasteiger partial charge in [0.15, 0.2) is 0 Å². The monoisotopic (exact) mass is 297 g/mol. The molecule has 0 heterocycles. The smallest absolute Gasteiger partial charge is 0.306 e. The van der Waals surface area contributed by atoms with Crippen LogP contribution in [0.3, 0.4) is 0 Å². The predicted octanol–water partition coefficient (Wildman–Crippen LogP) is 1.84. The third-order valence-electron chi connectivity index (χ3n) is 3.74. The fraction of sp³-hybridized carbons (Fsp3) is 0.500. The number of aliphatic carboxylic acids is 1. The summed E-state index contributed by atoms with van der Waals surface area (Å²) in [5.41, 5.74) is 1.57. The van der Waals surface area contributed by atoms with Crippen molar-refractivity contribution in [3.8, 4) is 0 Å². The Bertz CT molecular complexity index is 624. The molecule has 0 amide bonds. The van der Waals surface area contributed by atoms with Crippen molar-refractivity contribution in [3.63, 3.8) is 0 Å². The van der Waals surface area contributed by atoms with Crippen molar-refractivity contribution in [2.75, 3.05) is 0 Å². The van der Waals surface area contributed by atoms with Crippen LogP contribution in [0.2, 0.25) is 0 Å². The number of nitrogens with one attached hydrogen (secondary N) is 1. The maximum atomic E-state index is 12.4. The molecule has 2 atom stereocenters. The van der Waals surface area contributed by atoms with E-state index in [0.29, 0.717) is 24.8 Å². The fourth-order valence-corrected chi connectivity index (χ4v) is 4.21. The third kappa shape index (κ3) is 3.19. The molecule has 20 heavy (non-hydrogen) atoms. The van der Waals surface area contributed by atoms with Gasteiger partial charge in [-0.3, -0.25) is 4.79 Å². The van der Waals surface area contributed by atoms with Gasteiger partial charge in [-0.05, 0) is 50.3 Å². The zero-order chi connectivity index (χ0) is 14.9. The number of carboxylic acids is 1. The standard InChI is InChI=1S/C14H19NO4S/c1-9-3-4-10(2)13(7-9)20(18,19)15-12-6-5-11(8-12)14(16)17/h3-4,7,11-12,15H,5-6,8H2,1-2H3,(H,16,17)/t11-,12+/m0/s1. The number of sulfonamides is 1. The van der Waals surface area contributed by atoms with Crippen LogP contribution in [0.4, 0.5) is 0 Å². The van der Waals surface area contributed by atoms with Crippen molar-refractivity contribution >= 4 is 16.0 Å². The maximum absolute atomic E-state index is 12.4. The van der Waals surface area contributed by atoms with Gasteiger partial charge >= 0.3 is 5.97 Å². The van der Waals surface area contributed by atoms with Crippen molar-refractivity contribution in [1.29, 1.82) is 0 Å². The lowest BCUT2D eigenvalue weighted by Crippen LogP contribution is -2.33. The Morgan fingerprint density at radius 1 is 1.30 bits per heavy atom. The van der Waals surface area contributed by atoms with Crippen molar-refractivity contribution in [3.05, 3.63) is 29.3 Å². The van der Waals surface area contributed by atoms with E-state index in [-0.39, 0.29) is 10.9 Å². The summed E-state index contributed by atoms with van der Waals surface area (Å²) in [4.78, 5) is 11.2. The summed E-state index contributed by atoms with van der Waals surface area (Å²) in [6, 6.07) is 4.99. The highest BCUT2D eigenvalue weighted by Gasteiger charge is 2.32. The lowest BCUT2D eigenvalue weighted by atomic mass is 10.1. The molecule has 1 aromatic carbocycles. The Morgan fingerprint density at radius 3 is 2.60 bits per heavy atom. The Kier molecular flexibility index (Phi) is 4.15. The molecule has 0 bridgehead atoms. The highest BCUT2D eigenvalue weighted by molar-refractivity contribution is 7.89. The summed E-state index contributed by atoms with van der Waals surface area (Å²) in [6.07, 6.45) is 1.45. The van der Waals surface area contributed by atoms with Gasteiger partial charge in [-0.1, -0.05) is 12.1 Å². The van der Waals surface area contributed by atoms with Gasteiger partial charge in [-0.2, -0.15) is 0 Å². The molecule has 1 saturated carbocycles. The van der Waals surface area contributed by atoms with Gasteiger partial charge in [0.05, 0.1) is 10.8 Å². The molecule has 1 aliphatic rings. The minimum Gasteiger partial charge on any atom is -0.481 e. The van der Waals surface area contributed by atoms with Crippen LogP contribution in [0.1, 0.15) is 30.4 Å². The zero-order valence-electron chi connectivity index (χ0n) is 11.6. The van der Waals surface area contributed by atoms with Crippen LogP contribution < -0.4 is 4.72 Å². The minimum absolute atomic E-state index is 0.274. The van der Waals surface area contributed by atoms with E-state index in [1.807, 2.05) is 13.0 Å². The molecule has 0 saturated heterocycles. The number of hydrogen-bond acceptors (Lipinski definition) is 3. The summed E-state index contributed by atoms with van der Waals surface area (Å²) in [5, 5.41) is 8.95. The number of benzene rings is 1. The van der Waals surface area contributed by atoms with Gasteiger partial charge < -0.3 is 5.11 Å². The third-order valence-corrected chi connectivity index (χ3v) is 5.40. The van der Waals surface area contributed by atoms with E-state index in [2.05, 4.69) is 4.72 Å². The summed E-state index contributed by atoms with van der Waals surface area (Å²) in [7, 11) is -3.59. The lowest BCUT2D eigenvalue weighted by Gasteiger charge is -2.15. The normalized spacial score (nSPS) is 22.9. The molecule has 2 rings (SSSR count). The van der Waals surface area contributed by atoms with Crippen LogP contribution in [0.5, 0.6) is 0 Å². The van der Waals surface area contributed by atoms with E-state index >= 15 is 0 Å². The van der Waals surface area contributed by atoms with Crippen molar-refractivity contribution < 1.29 is 18.3 Å². The number of aryl methyl sites for hydroxylation is 2. The summed E-state index contributed by atoms with van der Waals surface area (Å²) in [6.45, 7) is 3.59. The first-order chi connectivity index (χ1) is 9.29. The topological polar surface area (TPSA) is 83.5 Å². The first-order valence-electron chi connectivity index (χ1n) is 6.62. The first-order valence-corrected chi connectivity index (χ1v) is 8.10. The van der Waals surface area contributed by atoms with Gasteiger partial charge in [-0.15, -0.1) is 0 Å². The zero-order valence-corrected chi connectivity index (χ0v) is 12.4. The van der Waals surface area contributed by atoms with Crippen LogP contribution in [-0.4, -0.2) is 25.5 Å². The molecule has 0 aliphatic heterocycles. The van der Waals surface area contributed by atoms with E-state index in [1.165, 1.54) is 0 Å². The van der Waals surface area contributed by atoms with Gasteiger partial charge in [0.1, 0.15) is 0 Å². The molecule has 5 nitrogen and oxygen atoms in total. The van der Waals surface area contributed by atoms with E-state index in [1.54, 1.807) is 19.1 Å². The van der Waals surface area contributed by atoms with Crippen LogP contribution in [-0.2, 0) is 14.8 Å². The Hall–Kier alpha value is -1.40. The molecule has 1 fully saturated rings. The van der Waals surface area contributed by atoms with Crippen molar-refractivity contribution in [2.24, 2.45) is 5.92 Å². The molecule has 0 radical (unpaired) electrons. The SMILES string of the molecule is Cc1ccc(C)c(S(=O)(=O)N[C@@H]2CC[C@H](C(=O)O)C2)c1. The number of rotatable bonds is 4.